The van der Waals surface area contributed by atoms with Gasteiger partial charge in [0.1, 0.15) is 5.75 Å². The number of hydrogen-bond acceptors (Lipinski definition) is 3. The fourth-order valence-electron chi connectivity index (χ4n) is 2.66. The van der Waals surface area contributed by atoms with E-state index in [4.69, 9.17) is 4.74 Å². The first-order valence-electron chi connectivity index (χ1n) is 7.43. The van der Waals surface area contributed by atoms with E-state index in [-0.39, 0.29) is 0 Å². The van der Waals surface area contributed by atoms with Crippen LogP contribution in [0.3, 0.4) is 0 Å². The Hall–Kier alpha value is -1.22. The molecule has 1 unspecified atom stereocenters. The van der Waals surface area contributed by atoms with Gasteiger partial charge in [-0.05, 0) is 44.0 Å². The average molecular weight is 262 g/mol. The number of benzene rings is 1. The Bertz CT molecular complexity index is 400. The Morgan fingerprint density at radius 1 is 1.32 bits per heavy atom. The molecule has 0 aliphatic carbocycles. The second kappa shape index (κ2) is 6.80. The lowest BCUT2D eigenvalue weighted by atomic mass is 10.1. The summed E-state index contributed by atoms with van der Waals surface area (Å²) in [5.41, 5.74) is 2.65. The zero-order valence-corrected chi connectivity index (χ0v) is 12.4. The number of rotatable bonds is 5. The fourth-order valence-corrected chi connectivity index (χ4v) is 2.66. The van der Waals surface area contributed by atoms with Gasteiger partial charge in [0.15, 0.2) is 0 Å². The number of aryl methyl sites for hydroxylation is 1. The molecule has 0 aromatic heterocycles. The molecule has 1 aromatic rings. The van der Waals surface area contributed by atoms with Gasteiger partial charge < -0.3 is 15.0 Å². The van der Waals surface area contributed by atoms with Gasteiger partial charge >= 0.3 is 0 Å². The lowest BCUT2D eigenvalue weighted by Gasteiger charge is -2.31. The predicted molar refractivity (Wildman–Crippen MR) is 81.3 cm³/mol. The van der Waals surface area contributed by atoms with Gasteiger partial charge in [0, 0.05) is 31.9 Å². The van der Waals surface area contributed by atoms with Gasteiger partial charge in [-0.2, -0.15) is 0 Å². The molecular formula is C16H26N2O. The van der Waals surface area contributed by atoms with Crippen molar-refractivity contribution < 1.29 is 4.74 Å². The van der Waals surface area contributed by atoms with E-state index >= 15 is 0 Å². The molecule has 0 saturated carbocycles. The van der Waals surface area contributed by atoms with Crippen LogP contribution in [0.4, 0.5) is 5.69 Å². The smallest absolute Gasteiger partial charge is 0.120 e. The summed E-state index contributed by atoms with van der Waals surface area (Å²) in [5.74, 6) is 0.998. The van der Waals surface area contributed by atoms with Gasteiger partial charge in [-0.3, -0.25) is 0 Å². The summed E-state index contributed by atoms with van der Waals surface area (Å²) < 4.78 is 5.95. The van der Waals surface area contributed by atoms with Crippen molar-refractivity contribution in [2.45, 2.75) is 39.7 Å². The van der Waals surface area contributed by atoms with Crippen LogP contribution in [0.1, 0.15) is 32.3 Å². The van der Waals surface area contributed by atoms with Gasteiger partial charge in [-0.15, -0.1) is 0 Å². The van der Waals surface area contributed by atoms with Crippen molar-refractivity contribution in [2.75, 3.05) is 31.1 Å². The van der Waals surface area contributed by atoms with Crippen LogP contribution < -0.4 is 15.0 Å². The van der Waals surface area contributed by atoms with Crippen molar-refractivity contribution in [3.8, 4) is 5.75 Å². The topological polar surface area (TPSA) is 24.5 Å². The van der Waals surface area contributed by atoms with Crippen LogP contribution >= 0.6 is 0 Å². The minimum absolute atomic E-state index is 0.300. The lowest BCUT2D eigenvalue weighted by molar-refractivity contribution is 0.210. The van der Waals surface area contributed by atoms with E-state index in [9.17, 15) is 0 Å². The number of nitrogens with one attached hydrogen (secondary N) is 1. The van der Waals surface area contributed by atoms with Crippen LogP contribution in [0.15, 0.2) is 18.2 Å². The second-order valence-electron chi connectivity index (χ2n) is 5.40. The van der Waals surface area contributed by atoms with Gasteiger partial charge in [-0.25, -0.2) is 0 Å². The van der Waals surface area contributed by atoms with E-state index in [1.165, 1.54) is 17.7 Å². The summed E-state index contributed by atoms with van der Waals surface area (Å²) in [5, 5.41) is 3.39. The van der Waals surface area contributed by atoms with Crippen molar-refractivity contribution in [3.63, 3.8) is 0 Å². The highest BCUT2D eigenvalue weighted by atomic mass is 16.5. The fraction of sp³-hybridized carbons (Fsp3) is 0.625. The Morgan fingerprint density at radius 2 is 2.05 bits per heavy atom. The predicted octanol–water partition coefficient (Wildman–Crippen LogP) is 2.97. The monoisotopic (exact) mass is 262 g/mol. The maximum absolute atomic E-state index is 5.95. The molecular weight excluding hydrogens is 236 g/mol. The summed E-state index contributed by atoms with van der Waals surface area (Å²) in [6.07, 6.45) is 2.58. The molecule has 106 valence electrons. The van der Waals surface area contributed by atoms with E-state index < -0.39 is 0 Å². The number of anilines is 1. The molecule has 1 N–H and O–H groups in total. The van der Waals surface area contributed by atoms with Crippen LogP contribution in [-0.4, -0.2) is 32.3 Å². The van der Waals surface area contributed by atoms with E-state index in [2.05, 4.69) is 49.2 Å². The number of ether oxygens (including phenoxy) is 1. The highest BCUT2D eigenvalue weighted by Crippen LogP contribution is 2.26. The molecule has 0 radical (unpaired) electrons. The molecule has 1 heterocycles. The largest absolute Gasteiger partial charge is 0.491 e. The number of nitrogens with zero attached hydrogens (tertiary/aromatic N) is 1. The Balaban J connectivity index is 2.03. The third-order valence-electron chi connectivity index (χ3n) is 3.66. The molecule has 0 amide bonds. The summed E-state index contributed by atoms with van der Waals surface area (Å²) in [7, 11) is 0. The van der Waals surface area contributed by atoms with Crippen molar-refractivity contribution in [1.82, 2.24) is 5.32 Å². The van der Waals surface area contributed by atoms with Crippen molar-refractivity contribution in [2.24, 2.45) is 0 Å². The molecule has 1 aliphatic rings. The molecule has 1 atom stereocenters. The summed E-state index contributed by atoms with van der Waals surface area (Å²) in [6.45, 7) is 10.8. The van der Waals surface area contributed by atoms with Gasteiger partial charge in [0.25, 0.3) is 0 Å². The van der Waals surface area contributed by atoms with Gasteiger partial charge in [-0.1, -0.05) is 13.3 Å². The third kappa shape index (κ3) is 3.87. The van der Waals surface area contributed by atoms with E-state index in [1.54, 1.807) is 0 Å². The molecule has 1 aromatic carbocycles. The van der Waals surface area contributed by atoms with E-state index in [0.29, 0.717) is 6.10 Å². The molecule has 0 bridgehead atoms. The highest BCUT2D eigenvalue weighted by molar-refractivity contribution is 5.56. The molecule has 0 spiro atoms. The third-order valence-corrected chi connectivity index (χ3v) is 3.66. The minimum atomic E-state index is 0.300. The Labute approximate surface area is 116 Å². The molecule has 2 rings (SSSR count). The average Bonchev–Trinajstić information content (AvgIpc) is 2.40. The zero-order chi connectivity index (χ0) is 13.7. The Kier molecular flexibility index (Phi) is 5.08. The molecule has 19 heavy (non-hydrogen) atoms. The standard InChI is InChI=1S/C16H26N2O/c1-4-5-14(3)19-15-6-7-16(13(2)12-15)18-10-8-17-9-11-18/h6-7,12,14,17H,4-5,8-11H2,1-3H3. The lowest BCUT2D eigenvalue weighted by Crippen LogP contribution is -2.43. The van der Waals surface area contributed by atoms with Crippen molar-refractivity contribution in [3.05, 3.63) is 23.8 Å². The first kappa shape index (κ1) is 14.2. The van der Waals surface area contributed by atoms with E-state index in [1.807, 2.05) is 0 Å². The van der Waals surface area contributed by atoms with Crippen LogP contribution in [0.25, 0.3) is 0 Å². The molecule has 1 saturated heterocycles. The van der Waals surface area contributed by atoms with Crippen molar-refractivity contribution >= 4 is 5.69 Å². The number of piperazine rings is 1. The van der Waals surface area contributed by atoms with E-state index in [0.717, 1.165) is 38.3 Å². The van der Waals surface area contributed by atoms with Crippen molar-refractivity contribution in [1.29, 1.82) is 0 Å². The summed E-state index contributed by atoms with van der Waals surface area (Å²) in [6, 6.07) is 6.48. The molecule has 1 aliphatic heterocycles. The summed E-state index contributed by atoms with van der Waals surface area (Å²) >= 11 is 0. The van der Waals surface area contributed by atoms with Gasteiger partial charge in [0.2, 0.25) is 0 Å². The first-order chi connectivity index (χ1) is 9.20. The normalized spacial score (nSPS) is 17.3. The SMILES string of the molecule is CCCC(C)Oc1ccc(N2CCNCC2)c(C)c1. The van der Waals surface area contributed by atoms with Crippen LogP contribution in [0, 0.1) is 6.92 Å². The second-order valence-corrected chi connectivity index (χ2v) is 5.40. The zero-order valence-electron chi connectivity index (χ0n) is 12.4. The maximum Gasteiger partial charge on any atom is 0.120 e. The van der Waals surface area contributed by atoms with Crippen LogP contribution in [0.5, 0.6) is 5.75 Å². The Morgan fingerprint density at radius 3 is 2.68 bits per heavy atom. The van der Waals surface area contributed by atoms with Crippen LogP contribution in [0.2, 0.25) is 0 Å². The van der Waals surface area contributed by atoms with Gasteiger partial charge in [0.05, 0.1) is 6.10 Å². The quantitative estimate of drug-likeness (QED) is 0.883. The molecule has 1 fully saturated rings. The first-order valence-corrected chi connectivity index (χ1v) is 7.43. The van der Waals surface area contributed by atoms with Crippen LogP contribution in [-0.2, 0) is 0 Å². The molecule has 3 nitrogen and oxygen atoms in total. The summed E-state index contributed by atoms with van der Waals surface area (Å²) in [4.78, 5) is 2.45. The minimum Gasteiger partial charge on any atom is -0.491 e. The molecule has 3 heteroatoms. The maximum atomic E-state index is 5.95. The highest BCUT2D eigenvalue weighted by Gasteiger charge is 2.13. The number of hydrogen-bond donors (Lipinski definition) is 1.